The van der Waals surface area contributed by atoms with E-state index in [1.807, 2.05) is 35.2 Å². The van der Waals surface area contributed by atoms with Crippen molar-refractivity contribution in [2.45, 2.75) is 6.54 Å². The Hall–Kier alpha value is -1.33. The van der Waals surface area contributed by atoms with E-state index in [1.165, 1.54) is 13.2 Å². The summed E-state index contributed by atoms with van der Waals surface area (Å²) in [4.78, 5) is 13.3. The van der Waals surface area contributed by atoms with Gasteiger partial charge in [0.25, 0.3) is 0 Å². The van der Waals surface area contributed by atoms with Gasteiger partial charge in [-0.3, -0.25) is 0 Å². The van der Waals surface area contributed by atoms with Crippen LogP contribution in [0.5, 0.6) is 0 Å². The Bertz CT molecular complexity index is 485. The SMILES string of the molecule is COC(=O)C=C1CSC(=S)N1Cc1ccccc1. The van der Waals surface area contributed by atoms with Gasteiger partial charge in [0.1, 0.15) is 4.32 Å². The van der Waals surface area contributed by atoms with E-state index in [1.54, 1.807) is 11.8 Å². The third-order valence-corrected chi connectivity index (χ3v) is 4.06. The molecule has 1 aliphatic rings. The Morgan fingerprint density at radius 1 is 1.50 bits per heavy atom. The molecule has 0 aromatic heterocycles. The summed E-state index contributed by atoms with van der Waals surface area (Å²) in [5.41, 5.74) is 2.07. The molecule has 0 radical (unpaired) electrons. The number of nitrogens with zero attached hydrogens (tertiary/aromatic N) is 1. The number of carbonyl (C=O) groups excluding carboxylic acids is 1. The lowest BCUT2D eigenvalue weighted by atomic mass is 10.2. The minimum Gasteiger partial charge on any atom is -0.466 e. The molecule has 0 atom stereocenters. The first-order valence-electron chi connectivity index (χ1n) is 5.47. The van der Waals surface area contributed by atoms with E-state index in [0.29, 0.717) is 6.54 Å². The van der Waals surface area contributed by atoms with Crippen LogP contribution in [0.25, 0.3) is 0 Å². The van der Waals surface area contributed by atoms with Crippen LogP contribution in [0.1, 0.15) is 5.56 Å². The van der Waals surface area contributed by atoms with Crippen LogP contribution < -0.4 is 0 Å². The summed E-state index contributed by atoms with van der Waals surface area (Å²) in [5.74, 6) is 0.384. The number of rotatable bonds is 3. The topological polar surface area (TPSA) is 29.5 Å². The van der Waals surface area contributed by atoms with Crippen LogP contribution in [-0.4, -0.2) is 28.1 Å². The Kier molecular flexibility index (Phi) is 4.38. The molecule has 0 aliphatic carbocycles. The second kappa shape index (κ2) is 6.02. The van der Waals surface area contributed by atoms with Crippen molar-refractivity contribution in [1.82, 2.24) is 4.90 Å². The van der Waals surface area contributed by atoms with Crippen LogP contribution in [0.15, 0.2) is 42.1 Å². The molecule has 0 spiro atoms. The van der Waals surface area contributed by atoms with Crippen LogP contribution in [0.3, 0.4) is 0 Å². The fourth-order valence-electron chi connectivity index (χ4n) is 1.66. The molecule has 1 aromatic rings. The molecule has 1 fully saturated rings. The molecule has 5 heteroatoms. The largest absolute Gasteiger partial charge is 0.466 e. The standard InChI is InChI=1S/C13H13NO2S2/c1-16-12(15)7-11-9-18-13(17)14(11)8-10-5-3-2-4-6-10/h2-7H,8-9H2,1H3. The molecular weight excluding hydrogens is 266 g/mol. The van der Waals surface area contributed by atoms with E-state index in [2.05, 4.69) is 4.74 Å². The number of thiocarbonyl (C=S) groups is 1. The van der Waals surface area contributed by atoms with Gasteiger partial charge in [-0.25, -0.2) is 4.79 Å². The fourth-order valence-corrected chi connectivity index (χ4v) is 2.86. The van der Waals surface area contributed by atoms with Crippen LogP contribution >= 0.6 is 24.0 Å². The van der Waals surface area contributed by atoms with Crippen LogP contribution in [0, 0.1) is 0 Å². The van der Waals surface area contributed by atoms with Crippen molar-refractivity contribution in [2.24, 2.45) is 0 Å². The molecule has 1 heterocycles. The minimum atomic E-state index is -0.339. The lowest BCUT2D eigenvalue weighted by molar-refractivity contribution is -0.134. The minimum absolute atomic E-state index is 0.339. The molecule has 1 saturated heterocycles. The Morgan fingerprint density at radius 3 is 2.89 bits per heavy atom. The summed E-state index contributed by atoms with van der Waals surface area (Å²) < 4.78 is 5.45. The maximum Gasteiger partial charge on any atom is 0.332 e. The quantitative estimate of drug-likeness (QED) is 0.482. The molecule has 0 N–H and O–H groups in total. The molecule has 0 amide bonds. The van der Waals surface area contributed by atoms with E-state index in [-0.39, 0.29) is 5.97 Å². The number of ether oxygens (including phenoxy) is 1. The molecule has 3 nitrogen and oxygen atoms in total. The maximum atomic E-state index is 11.3. The predicted molar refractivity (Wildman–Crippen MR) is 77.1 cm³/mol. The average Bonchev–Trinajstić information content (AvgIpc) is 2.72. The van der Waals surface area contributed by atoms with Gasteiger partial charge in [-0.15, -0.1) is 0 Å². The zero-order valence-corrected chi connectivity index (χ0v) is 11.6. The van der Waals surface area contributed by atoms with E-state index >= 15 is 0 Å². The first-order chi connectivity index (χ1) is 8.70. The Morgan fingerprint density at radius 2 is 2.22 bits per heavy atom. The normalized spacial score (nSPS) is 17.3. The highest BCUT2D eigenvalue weighted by Gasteiger charge is 2.24. The number of benzene rings is 1. The van der Waals surface area contributed by atoms with Crippen molar-refractivity contribution >= 4 is 34.3 Å². The highest BCUT2D eigenvalue weighted by atomic mass is 32.2. The third kappa shape index (κ3) is 3.11. The lowest BCUT2D eigenvalue weighted by Gasteiger charge is -2.18. The molecule has 1 aliphatic heterocycles. The molecule has 94 valence electrons. The zero-order chi connectivity index (χ0) is 13.0. The van der Waals surface area contributed by atoms with Crippen molar-refractivity contribution < 1.29 is 9.53 Å². The Labute approximate surface area is 116 Å². The molecular formula is C13H13NO2S2. The summed E-state index contributed by atoms with van der Waals surface area (Å²) in [7, 11) is 1.38. The highest BCUT2D eigenvalue weighted by Crippen LogP contribution is 2.28. The van der Waals surface area contributed by atoms with E-state index < -0.39 is 0 Å². The summed E-state index contributed by atoms with van der Waals surface area (Å²) in [6, 6.07) is 10.0. The molecule has 0 saturated carbocycles. The molecule has 1 aromatic carbocycles. The number of hydrogen-bond acceptors (Lipinski definition) is 4. The number of thioether (sulfide) groups is 1. The number of esters is 1. The smallest absolute Gasteiger partial charge is 0.332 e. The number of hydrogen-bond donors (Lipinski definition) is 0. The van der Waals surface area contributed by atoms with Gasteiger partial charge in [0, 0.05) is 24.1 Å². The molecule has 0 unspecified atom stereocenters. The fraction of sp³-hybridized carbons (Fsp3) is 0.231. The van der Waals surface area contributed by atoms with Gasteiger partial charge in [0.05, 0.1) is 7.11 Å². The molecule has 2 rings (SSSR count). The summed E-state index contributed by atoms with van der Waals surface area (Å²) in [6.07, 6.45) is 1.51. The molecule has 18 heavy (non-hydrogen) atoms. The van der Waals surface area contributed by atoms with Gasteiger partial charge in [-0.05, 0) is 5.56 Å². The third-order valence-electron chi connectivity index (χ3n) is 2.58. The summed E-state index contributed by atoms with van der Waals surface area (Å²) in [5, 5.41) is 0. The van der Waals surface area contributed by atoms with Crippen molar-refractivity contribution in [2.75, 3.05) is 12.9 Å². The van der Waals surface area contributed by atoms with Crippen molar-refractivity contribution in [3.63, 3.8) is 0 Å². The second-order valence-electron chi connectivity index (χ2n) is 3.79. The van der Waals surface area contributed by atoms with E-state index in [9.17, 15) is 4.79 Å². The van der Waals surface area contributed by atoms with E-state index in [4.69, 9.17) is 12.2 Å². The molecule has 0 bridgehead atoms. The lowest BCUT2D eigenvalue weighted by Crippen LogP contribution is -2.21. The average molecular weight is 279 g/mol. The highest BCUT2D eigenvalue weighted by molar-refractivity contribution is 8.23. The van der Waals surface area contributed by atoms with Gasteiger partial charge in [-0.1, -0.05) is 54.3 Å². The second-order valence-corrected chi connectivity index (χ2v) is 5.39. The van der Waals surface area contributed by atoms with Gasteiger partial charge < -0.3 is 9.64 Å². The number of methoxy groups -OCH3 is 1. The van der Waals surface area contributed by atoms with Crippen molar-refractivity contribution in [3.05, 3.63) is 47.7 Å². The van der Waals surface area contributed by atoms with Crippen LogP contribution in [-0.2, 0) is 16.1 Å². The van der Waals surface area contributed by atoms with Crippen LogP contribution in [0.2, 0.25) is 0 Å². The predicted octanol–water partition coefficient (Wildman–Crippen LogP) is 2.58. The van der Waals surface area contributed by atoms with Crippen molar-refractivity contribution in [3.8, 4) is 0 Å². The van der Waals surface area contributed by atoms with Gasteiger partial charge >= 0.3 is 5.97 Å². The first-order valence-corrected chi connectivity index (χ1v) is 6.87. The number of carbonyl (C=O) groups is 1. The van der Waals surface area contributed by atoms with Gasteiger partial charge in [0.2, 0.25) is 0 Å². The zero-order valence-electron chi connectivity index (χ0n) is 9.96. The maximum absolute atomic E-state index is 11.3. The summed E-state index contributed by atoms with van der Waals surface area (Å²) >= 11 is 6.87. The first kappa shape index (κ1) is 13.1. The summed E-state index contributed by atoms with van der Waals surface area (Å²) in [6.45, 7) is 0.690. The Balaban J connectivity index is 2.16. The van der Waals surface area contributed by atoms with Gasteiger partial charge in [0.15, 0.2) is 0 Å². The van der Waals surface area contributed by atoms with Crippen molar-refractivity contribution in [1.29, 1.82) is 0 Å². The van der Waals surface area contributed by atoms with E-state index in [0.717, 1.165) is 21.3 Å². The van der Waals surface area contributed by atoms with Gasteiger partial charge in [-0.2, -0.15) is 0 Å². The monoisotopic (exact) mass is 279 g/mol. The van der Waals surface area contributed by atoms with Crippen LogP contribution in [0.4, 0.5) is 0 Å².